The highest BCUT2D eigenvalue weighted by molar-refractivity contribution is 7.86. The summed E-state index contributed by atoms with van der Waals surface area (Å²) in [6, 6.07) is 0. The summed E-state index contributed by atoms with van der Waals surface area (Å²) in [4.78, 5) is 0. The van der Waals surface area contributed by atoms with Gasteiger partial charge in [-0.05, 0) is 0 Å². The smallest absolute Gasteiger partial charge is 0.169 e. The summed E-state index contributed by atoms with van der Waals surface area (Å²) in [5, 5.41) is 1.67. The Morgan fingerprint density at radius 2 is 2.25 bits per heavy atom. The van der Waals surface area contributed by atoms with Gasteiger partial charge < -0.3 is 0 Å². The van der Waals surface area contributed by atoms with Crippen molar-refractivity contribution >= 4 is 33.6 Å². The fraction of sp³-hybridized carbons (Fsp3) is 0. The second kappa shape index (κ2) is 3.58. The second-order valence-corrected chi connectivity index (χ2v) is 1.21. The fourth-order valence-electron chi connectivity index (χ4n) is 0. The molecule has 0 aromatic carbocycles. The largest absolute Gasteiger partial charge is 0.185 e. The first-order chi connectivity index (χ1) is 1.91. The van der Waals surface area contributed by atoms with Gasteiger partial charge in [0.25, 0.3) is 0 Å². The normalized spacial score (nSPS) is 5.25. The third-order valence-electron chi connectivity index (χ3n) is 0.0962. The van der Waals surface area contributed by atoms with Gasteiger partial charge >= 0.3 is 0 Å². The molecule has 0 N–H and O–H groups in total. The first-order valence-electron chi connectivity index (χ1n) is 1.05. The van der Waals surface area contributed by atoms with Gasteiger partial charge in [-0.1, -0.05) is 5.27 Å². The van der Waals surface area contributed by atoms with Crippen LogP contribution in [0.5, 0.6) is 0 Å². The molecule has 0 amide bonds. The van der Waals surface area contributed by atoms with E-state index in [0.717, 1.165) is 7.00 Å². The molecule has 0 heterocycles. The quantitative estimate of drug-likeness (QED) is 0.251. The van der Waals surface area contributed by atoms with Crippen LogP contribution in [0.15, 0.2) is 0 Å². The zero-order valence-corrected chi connectivity index (χ0v) is 4.24. The number of rotatable bonds is 1. The highest BCUT2D eigenvalue weighted by Crippen LogP contribution is 1.63. The van der Waals surface area contributed by atoms with Crippen molar-refractivity contribution in [3.8, 4) is 0 Å². The van der Waals surface area contributed by atoms with Crippen LogP contribution < -0.4 is 0 Å². The molecule has 0 nitrogen and oxygen atoms in total. The highest BCUT2D eigenvalue weighted by atomic mass is 32.1. The first kappa shape index (κ1) is 4.58. The van der Waals surface area contributed by atoms with Crippen LogP contribution in [0.25, 0.3) is 0 Å². The predicted molar refractivity (Wildman–Crippen MR) is 30.5 cm³/mol. The molecule has 0 aromatic heterocycles. The Hall–Kier alpha value is 0.585. The Balaban J connectivity index is 2.30. The first-order valence-corrected chi connectivity index (χ1v) is 2.34. The molecule has 0 spiro atoms. The van der Waals surface area contributed by atoms with E-state index in [2.05, 4.69) is 21.3 Å². The van der Waals surface area contributed by atoms with Gasteiger partial charge in [0.1, 0.15) is 0 Å². The molecule has 0 bridgehead atoms. The van der Waals surface area contributed by atoms with E-state index in [0.29, 0.717) is 0 Å². The van der Waals surface area contributed by atoms with Crippen LogP contribution in [-0.2, 0) is 0 Å². The lowest BCUT2D eigenvalue weighted by atomic mass is 10.2. The molecule has 0 rings (SSSR count). The summed E-state index contributed by atoms with van der Waals surface area (Å²) < 4.78 is 0. The average molecular weight is 89.9 g/mol. The molecule has 0 radical (unpaired) electrons. The lowest BCUT2D eigenvalue weighted by Gasteiger charge is -1.49. The Kier molecular flexibility index (Phi) is 4.11. The van der Waals surface area contributed by atoms with Crippen LogP contribution in [0.1, 0.15) is 0 Å². The van der Waals surface area contributed by atoms with Crippen molar-refractivity contribution in [1.82, 2.24) is 0 Å². The zero-order chi connectivity index (χ0) is 3.41. The lowest BCUT2D eigenvalue weighted by Crippen LogP contribution is -1.65. The molecule has 4 heavy (non-hydrogen) atoms. The van der Waals surface area contributed by atoms with Crippen LogP contribution in [-0.4, -0.2) is 12.3 Å². The number of thiocarbonyl (C=S) groups is 1. The summed E-state index contributed by atoms with van der Waals surface area (Å²) in [7, 11) is 2.50. The van der Waals surface area contributed by atoms with Crippen molar-refractivity contribution < 1.29 is 0 Å². The molecule has 0 aliphatic carbocycles. The predicted octanol–water partition coefficient (Wildman–Crippen LogP) is 0.170. The topological polar surface area (TPSA) is 0 Å². The maximum absolute atomic E-state index is 4.41. The summed E-state index contributed by atoms with van der Waals surface area (Å²) in [6.45, 7) is 0.926. The molecule has 22 valence electrons. The van der Waals surface area contributed by atoms with Crippen LogP contribution in [0.3, 0.4) is 0 Å². The van der Waals surface area contributed by atoms with E-state index < -0.39 is 0 Å². The molecule has 0 saturated carbocycles. The van der Waals surface area contributed by atoms with E-state index in [9.17, 15) is 0 Å². The van der Waals surface area contributed by atoms with E-state index in [-0.39, 0.29) is 0 Å². The summed E-state index contributed by atoms with van der Waals surface area (Å²) >= 11 is 4.41. The minimum atomic E-state index is 0.926. The van der Waals surface area contributed by atoms with Crippen molar-refractivity contribution in [2.24, 2.45) is 0 Å². The zero-order valence-electron chi connectivity index (χ0n) is 2.27. The summed E-state index contributed by atoms with van der Waals surface area (Å²) in [6.07, 6.45) is 0. The number of hydrogen-bond acceptors (Lipinski definition) is 1. The third kappa shape index (κ3) is 2.58. The molecule has 0 fully saturated rings. The van der Waals surface area contributed by atoms with Crippen LogP contribution in [0.4, 0.5) is 0 Å². The van der Waals surface area contributed by atoms with Gasteiger partial charge in [-0.3, -0.25) is 0 Å². The highest BCUT2D eigenvalue weighted by Gasteiger charge is 1.54. The average Bonchev–Trinajstić information content (AvgIpc) is 1.37. The maximum Gasteiger partial charge on any atom is 0.185 e. The van der Waals surface area contributed by atoms with Crippen molar-refractivity contribution in [1.29, 1.82) is 0 Å². The molecule has 0 saturated heterocycles. The Morgan fingerprint density at radius 3 is 2.25 bits per heavy atom. The van der Waals surface area contributed by atoms with Crippen molar-refractivity contribution in [3.05, 3.63) is 0 Å². The van der Waals surface area contributed by atoms with Crippen molar-refractivity contribution in [2.45, 2.75) is 0 Å². The van der Waals surface area contributed by atoms with Gasteiger partial charge in [-0.25, -0.2) is 0 Å². The van der Waals surface area contributed by atoms with Gasteiger partial charge in [-0.15, -0.1) is 12.2 Å². The van der Waals surface area contributed by atoms with E-state index in [4.69, 9.17) is 0 Å². The van der Waals surface area contributed by atoms with E-state index in [1.807, 2.05) is 0 Å². The number of hydrogen-bond donors (Lipinski definition) is 0. The molecular weight excluding hydrogens is 85.9 g/mol. The van der Waals surface area contributed by atoms with Crippen molar-refractivity contribution in [2.75, 3.05) is 0 Å². The minimum Gasteiger partial charge on any atom is -0.169 e. The maximum atomic E-state index is 4.41. The fourth-order valence-corrected chi connectivity index (χ4v) is 0. The van der Waals surface area contributed by atoms with E-state index in [1.54, 1.807) is 5.27 Å². The molecule has 0 aliphatic heterocycles. The van der Waals surface area contributed by atoms with Gasteiger partial charge in [0.05, 0.1) is 0 Å². The Morgan fingerprint density at radius 1 is 2.00 bits per heavy atom. The molecule has 0 aromatic rings. The molecule has 3 heteroatoms. The van der Waals surface area contributed by atoms with Crippen LogP contribution >= 0.6 is 21.3 Å². The Labute approximate surface area is 34.4 Å². The standard InChI is InChI=1S/CH4BPS/c3-2-1-4/h1-2H,3H2. The Bertz CT molecular complexity index is 22.0. The minimum absolute atomic E-state index is 0.926. The summed E-state index contributed by atoms with van der Waals surface area (Å²) in [5.41, 5.74) is 0. The van der Waals surface area contributed by atoms with Gasteiger partial charge in [0.15, 0.2) is 7.00 Å². The monoisotopic (exact) mass is 90.0 g/mol. The molecule has 0 aliphatic rings. The summed E-state index contributed by atoms with van der Waals surface area (Å²) in [5.74, 6) is 0. The van der Waals surface area contributed by atoms with Gasteiger partial charge in [0.2, 0.25) is 0 Å². The van der Waals surface area contributed by atoms with Gasteiger partial charge in [0, 0.05) is 0 Å². The van der Waals surface area contributed by atoms with Crippen LogP contribution in [0.2, 0.25) is 0 Å². The van der Waals surface area contributed by atoms with E-state index in [1.165, 1.54) is 0 Å². The lowest BCUT2D eigenvalue weighted by molar-refractivity contribution is 4.10. The molecular formula is CH4BPS. The van der Waals surface area contributed by atoms with Gasteiger partial charge in [-0.2, -0.15) is 9.12 Å². The van der Waals surface area contributed by atoms with E-state index >= 15 is 0 Å². The third-order valence-corrected chi connectivity index (χ3v) is 0.866. The molecule has 1 unspecified atom stereocenters. The van der Waals surface area contributed by atoms with Crippen LogP contribution in [0, 0.1) is 0 Å². The second-order valence-electron chi connectivity index (χ2n) is 0.402. The SMILES string of the molecule is PBC=S. The van der Waals surface area contributed by atoms with Crippen molar-refractivity contribution in [3.63, 3.8) is 0 Å². The molecule has 1 atom stereocenters.